The molecule has 1 saturated heterocycles. The molecule has 0 amide bonds. The number of aliphatic hydroxyl groups excluding tert-OH is 1. The largest absolute Gasteiger partial charge is 0.377 e. The maximum atomic E-state index is 10.4. The predicted molar refractivity (Wildman–Crippen MR) is 46.9 cm³/mol. The fraction of sp³-hybridized carbons (Fsp3) is 1.00. The summed E-state index contributed by atoms with van der Waals surface area (Å²) in [5, 5.41) is 12.3. The highest BCUT2D eigenvalue weighted by atomic mass is 32.2. The van der Waals surface area contributed by atoms with Gasteiger partial charge in [-0.3, -0.25) is 9.45 Å². The van der Waals surface area contributed by atoms with Crippen LogP contribution in [0, 0.1) is 0 Å². The van der Waals surface area contributed by atoms with Gasteiger partial charge in [-0.25, -0.2) is 0 Å². The van der Waals surface area contributed by atoms with Crippen LogP contribution in [0.2, 0.25) is 0 Å². The fourth-order valence-electron chi connectivity index (χ4n) is 1.23. The number of hydrogen-bond donors (Lipinski definition) is 3. The number of nitrogens with zero attached hydrogens (tertiary/aromatic N) is 1. The third kappa shape index (κ3) is 4.01. The molecular weight excluding hydrogens is 196 g/mol. The quantitative estimate of drug-likeness (QED) is 0.471. The molecule has 0 radical (unpaired) electrons. The summed E-state index contributed by atoms with van der Waals surface area (Å²) < 4.78 is 29.3. The summed E-state index contributed by atoms with van der Waals surface area (Å²) in [6, 6.07) is 0. The molecular formula is C6H14N2O4S. The van der Waals surface area contributed by atoms with Crippen molar-refractivity contribution in [2.45, 2.75) is 6.23 Å². The number of nitrogens with one attached hydrogen (secondary N) is 1. The van der Waals surface area contributed by atoms with E-state index in [-0.39, 0.29) is 12.3 Å². The van der Waals surface area contributed by atoms with Gasteiger partial charge in [0.25, 0.3) is 10.1 Å². The van der Waals surface area contributed by atoms with Crippen LogP contribution >= 0.6 is 0 Å². The summed E-state index contributed by atoms with van der Waals surface area (Å²) in [4.78, 5) is 1.62. The molecule has 3 N–H and O–H groups in total. The van der Waals surface area contributed by atoms with E-state index >= 15 is 0 Å². The number of rotatable bonds is 3. The van der Waals surface area contributed by atoms with Gasteiger partial charge in [0.2, 0.25) is 0 Å². The summed E-state index contributed by atoms with van der Waals surface area (Å²) in [5.41, 5.74) is 0. The van der Waals surface area contributed by atoms with Crippen molar-refractivity contribution in [2.24, 2.45) is 0 Å². The van der Waals surface area contributed by atoms with Crippen molar-refractivity contribution in [1.82, 2.24) is 10.2 Å². The molecule has 0 aliphatic carbocycles. The van der Waals surface area contributed by atoms with E-state index in [9.17, 15) is 13.5 Å². The van der Waals surface area contributed by atoms with Gasteiger partial charge in [0.15, 0.2) is 0 Å². The smallest absolute Gasteiger partial charge is 0.266 e. The molecule has 1 aliphatic heterocycles. The molecule has 1 atom stereocenters. The Kier molecular flexibility index (Phi) is 3.63. The average Bonchev–Trinajstić information content (AvgIpc) is 2.01. The van der Waals surface area contributed by atoms with Crippen LogP contribution in [-0.4, -0.2) is 61.1 Å². The summed E-state index contributed by atoms with van der Waals surface area (Å²) >= 11 is 0. The highest BCUT2D eigenvalue weighted by Crippen LogP contribution is 1.99. The number of aliphatic hydroxyl groups is 1. The van der Waals surface area contributed by atoms with Gasteiger partial charge in [0.1, 0.15) is 6.23 Å². The van der Waals surface area contributed by atoms with Crippen LogP contribution in [0.15, 0.2) is 0 Å². The standard InChI is InChI=1S/C6H14N2O4S/c9-6-5-7-1-2-8(6)3-4-13(10,11)12/h6-7,9H,1-5H2,(H,10,11,12). The van der Waals surface area contributed by atoms with Gasteiger partial charge in [0.05, 0.1) is 5.75 Å². The first-order valence-electron chi connectivity index (χ1n) is 4.07. The van der Waals surface area contributed by atoms with Crippen LogP contribution < -0.4 is 5.32 Å². The van der Waals surface area contributed by atoms with Crippen molar-refractivity contribution in [1.29, 1.82) is 0 Å². The van der Waals surface area contributed by atoms with Crippen molar-refractivity contribution in [3.05, 3.63) is 0 Å². The minimum atomic E-state index is -3.92. The molecule has 1 fully saturated rings. The third-order valence-corrected chi connectivity index (χ3v) is 2.66. The molecule has 7 heteroatoms. The van der Waals surface area contributed by atoms with E-state index < -0.39 is 16.3 Å². The molecule has 0 spiro atoms. The first-order valence-corrected chi connectivity index (χ1v) is 5.68. The lowest BCUT2D eigenvalue weighted by Crippen LogP contribution is -2.52. The van der Waals surface area contributed by atoms with E-state index in [1.54, 1.807) is 4.90 Å². The number of β-amino-alcohol motifs (C(OH)–C–C–N with tert-alkyl or cyclic N) is 1. The average molecular weight is 210 g/mol. The van der Waals surface area contributed by atoms with E-state index in [1.165, 1.54) is 0 Å². The Hall–Kier alpha value is -0.210. The maximum absolute atomic E-state index is 10.4. The summed E-state index contributed by atoms with van der Waals surface area (Å²) in [6.07, 6.45) is -0.657. The van der Waals surface area contributed by atoms with Crippen LogP contribution in [-0.2, 0) is 10.1 Å². The second kappa shape index (κ2) is 4.34. The van der Waals surface area contributed by atoms with Gasteiger partial charge >= 0.3 is 0 Å². The predicted octanol–water partition coefficient (Wildman–Crippen LogP) is -1.90. The number of piperazine rings is 1. The zero-order chi connectivity index (χ0) is 9.90. The van der Waals surface area contributed by atoms with Crippen LogP contribution in [0.5, 0.6) is 0 Å². The topological polar surface area (TPSA) is 89.9 Å². The normalized spacial score (nSPS) is 26.2. The lowest BCUT2D eigenvalue weighted by Gasteiger charge is -2.31. The zero-order valence-corrected chi connectivity index (χ0v) is 8.00. The van der Waals surface area contributed by atoms with Gasteiger partial charge in [-0.05, 0) is 0 Å². The first-order chi connectivity index (χ1) is 5.99. The zero-order valence-electron chi connectivity index (χ0n) is 7.18. The lowest BCUT2D eigenvalue weighted by molar-refractivity contribution is -0.00851. The van der Waals surface area contributed by atoms with Crippen molar-refractivity contribution >= 4 is 10.1 Å². The van der Waals surface area contributed by atoms with Gasteiger partial charge in [-0.2, -0.15) is 8.42 Å². The van der Waals surface area contributed by atoms with Gasteiger partial charge < -0.3 is 10.4 Å². The van der Waals surface area contributed by atoms with E-state index in [4.69, 9.17) is 4.55 Å². The SMILES string of the molecule is O=S(=O)(O)CCN1CCNCC1O. The van der Waals surface area contributed by atoms with E-state index in [2.05, 4.69) is 5.32 Å². The third-order valence-electron chi connectivity index (χ3n) is 1.96. The summed E-state index contributed by atoms with van der Waals surface area (Å²) in [7, 11) is -3.92. The second-order valence-corrected chi connectivity index (χ2v) is 4.58. The molecule has 1 rings (SSSR count). The number of hydrogen-bond acceptors (Lipinski definition) is 5. The van der Waals surface area contributed by atoms with Crippen LogP contribution in [0.1, 0.15) is 0 Å². The van der Waals surface area contributed by atoms with Crippen molar-refractivity contribution in [2.75, 3.05) is 31.9 Å². The van der Waals surface area contributed by atoms with Crippen LogP contribution in [0.25, 0.3) is 0 Å². The molecule has 0 aromatic rings. The summed E-state index contributed by atoms with van der Waals surface area (Å²) in [5.74, 6) is -0.329. The van der Waals surface area contributed by atoms with Crippen LogP contribution in [0.4, 0.5) is 0 Å². The van der Waals surface area contributed by atoms with E-state index in [0.717, 1.165) is 6.54 Å². The van der Waals surface area contributed by atoms with E-state index in [0.29, 0.717) is 13.1 Å². The Labute approximate surface area is 77.3 Å². The van der Waals surface area contributed by atoms with Crippen molar-refractivity contribution < 1.29 is 18.1 Å². The highest BCUT2D eigenvalue weighted by molar-refractivity contribution is 7.85. The molecule has 1 aliphatic rings. The molecule has 1 heterocycles. The molecule has 6 nitrogen and oxygen atoms in total. The molecule has 13 heavy (non-hydrogen) atoms. The fourth-order valence-corrected chi connectivity index (χ4v) is 1.69. The Morgan fingerprint density at radius 1 is 1.54 bits per heavy atom. The molecule has 78 valence electrons. The van der Waals surface area contributed by atoms with Gasteiger partial charge in [-0.15, -0.1) is 0 Å². The van der Waals surface area contributed by atoms with Gasteiger partial charge in [-0.1, -0.05) is 0 Å². The van der Waals surface area contributed by atoms with E-state index in [1.807, 2.05) is 0 Å². The molecule has 0 saturated carbocycles. The highest BCUT2D eigenvalue weighted by Gasteiger charge is 2.20. The Balaban J connectivity index is 2.35. The van der Waals surface area contributed by atoms with Gasteiger partial charge in [0, 0.05) is 26.2 Å². The maximum Gasteiger partial charge on any atom is 0.266 e. The summed E-state index contributed by atoms with van der Waals surface area (Å²) in [6.45, 7) is 1.92. The Bertz CT molecular complexity index is 253. The van der Waals surface area contributed by atoms with Crippen molar-refractivity contribution in [3.8, 4) is 0 Å². The Morgan fingerprint density at radius 2 is 2.23 bits per heavy atom. The van der Waals surface area contributed by atoms with Crippen LogP contribution in [0.3, 0.4) is 0 Å². The molecule has 0 bridgehead atoms. The lowest BCUT2D eigenvalue weighted by atomic mass is 10.3. The molecule has 1 unspecified atom stereocenters. The molecule has 0 aromatic carbocycles. The monoisotopic (exact) mass is 210 g/mol. The minimum Gasteiger partial charge on any atom is -0.377 e. The minimum absolute atomic E-state index is 0.168. The first kappa shape index (κ1) is 10.9. The van der Waals surface area contributed by atoms with Crippen molar-refractivity contribution in [3.63, 3.8) is 0 Å². The Morgan fingerprint density at radius 3 is 2.77 bits per heavy atom. The molecule has 0 aromatic heterocycles. The second-order valence-electron chi connectivity index (χ2n) is 3.01.